The Kier molecular flexibility index (Phi) is 3.47. The van der Waals surface area contributed by atoms with E-state index in [0.29, 0.717) is 11.2 Å². The van der Waals surface area contributed by atoms with Gasteiger partial charge in [-0.3, -0.25) is 4.79 Å². The fraction of sp³-hybridized carbons (Fsp3) is 0.950. The van der Waals surface area contributed by atoms with E-state index in [2.05, 4.69) is 13.8 Å². The minimum absolute atomic E-state index is 0.558. The topological polar surface area (TPSA) is 17.1 Å². The van der Waals surface area contributed by atoms with Gasteiger partial charge in [-0.15, -0.1) is 0 Å². The van der Waals surface area contributed by atoms with Crippen LogP contribution in [0.25, 0.3) is 0 Å². The first kappa shape index (κ1) is 14.3. The van der Waals surface area contributed by atoms with E-state index in [-0.39, 0.29) is 0 Å². The Morgan fingerprint density at radius 3 is 2.67 bits per heavy atom. The molecule has 4 aliphatic rings. The molecule has 0 amide bonds. The van der Waals surface area contributed by atoms with Crippen molar-refractivity contribution in [1.82, 2.24) is 0 Å². The van der Waals surface area contributed by atoms with Gasteiger partial charge in [0.2, 0.25) is 0 Å². The Labute approximate surface area is 130 Å². The number of fused-ring (bicyclic) bond motifs is 5. The highest BCUT2D eigenvalue weighted by molar-refractivity contribution is 5.79. The summed E-state index contributed by atoms with van der Waals surface area (Å²) >= 11 is 0. The molecule has 0 bridgehead atoms. The van der Waals surface area contributed by atoms with Crippen LogP contribution in [0.5, 0.6) is 0 Å². The molecule has 0 aliphatic heterocycles. The van der Waals surface area contributed by atoms with Crippen molar-refractivity contribution in [3.8, 4) is 0 Å². The molecule has 0 aromatic carbocycles. The molecule has 0 radical (unpaired) electrons. The lowest BCUT2D eigenvalue weighted by Crippen LogP contribution is -2.48. The summed E-state index contributed by atoms with van der Waals surface area (Å²) in [4.78, 5) is 11.8. The molecule has 0 heterocycles. The maximum Gasteiger partial charge on any atom is 0.133 e. The van der Waals surface area contributed by atoms with Crippen LogP contribution in [0.15, 0.2) is 0 Å². The summed E-state index contributed by atoms with van der Waals surface area (Å²) in [6.45, 7) is 5.04. The van der Waals surface area contributed by atoms with Crippen LogP contribution < -0.4 is 0 Å². The highest BCUT2D eigenvalue weighted by Gasteiger charge is 2.56. The van der Waals surface area contributed by atoms with E-state index < -0.39 is 0 Å². The van der Waals surface area contributed by atoms with Gasteiger partial charge in [-0.25, -0.2) is 0 Å². The van der Waals surface area contributed by atoms with E-state index >= 15 is 0 Å². The predicted molar refractivity (Wildman–Crippen MR) is 85.9 cm³/mol. The van der Waals surface area contributed by atoms with E-state index in [1.807, 2.05) is 0 Å². The van der Waals surface area contributed by atoms with Gasteiger partial charge >= 0.3 is 0 Å². The number of ketones is 1. The number of hydrogen-bond acceptors (Lipinski definition) is 1. The lowest BCUT2D eigenvalue weighted by Gasteiger charge is -2.55. The highest BCUT2D eigenvalue weighted by Crippen LogP contribution is 2.64. The van der Waals surface area contributed by atoms with Crippen molar-refractivity contribution in [2.45, 2.75) is 78.1 Å². The molecule has 4 aliphatic carbocycles. The highest BCUT2D eigenvalue weighted by atomic mass is 16.1. The van der Waals surface area contributed by atoms with Gasteiger partial charge in [-0.2, -0.15) is 0 Å². The first-order chi connectivity index (χ1) is 10.1. The summed E-state index contributed by atoms with van der Waals surface area (Å²) < 4.78 is 0. The molecule has 7 atom stereocenters. The van der Waals surface area contributed by atoms with Crippen molar-refractivity contribution < 1.29 is 4.79 Å². The molecule has 4 saturated carbocycles. The summed E-state index contributed by atoms with van der Waals surface area (Å²) in [5.74, 6) is 6.23. The fourth-order valence-corrected chi connectivity index (χ4v) is 7.44. The number of hydrogen-bond donors (Lipinski definition) is 0. The summed E-state index contributed by atoms with van der Waals surface area (Å²) in [6, 6.07) is 0. The van der Waals surface area contributed by atoms with Crippen LogP contribution in [0.1, 0.15) is 78.1 Å². The second-order valence-corrected chi connectivity index (χ2v) is 8.94. The van der Waals surface area contributed by atoms with Gasteiger partial charge in [0.1, 0.15) is 5.78 Å². The summed E-state index contributed by atoms with van der Waals surface area (Å²) in [5, 5.41) is 0. The van der Waals surface area contributed by atoms with Gasteiger partial charge in [0.15, 0.2) is 0 Å². The molecule has 21 heavy (non-hydrogen) atoms. The second-order valence-electron chi connectivity index (χ2n) is 8.94. The third kappa shape index (κ3) is 2.05. The second kappa shape index (κ2) is 5.10. The number of carbonyl (C=O) groups excluding carboxylic acids is 1. The Bertz CT molecular complexity index is 428. The monoisotopic (exact) mass is 288 g/mol. The first-order valence-electron chi connectivity index (χ1n) is 9.65. The number of carbonyl (C=O) groups is 1. The van der Waals surface area contributed by atoms with Gasteiger partial charge < -0.3 is 0 Å². The van der Waals surface area contributed by atoms with Crippen molar-refractivity contribution in [2.75, 3.05) is 0 Å². The van der Waals surface area contributed by atoms with Crippen molar-refractivity contribution in [3.63, 3.8) is 0 Å². The Balaban J connectivity index is 1.56. The van der Waals surface area contributed by atoms with Crippen LogP contribution in [-0.4, -0.2) is 5.78 Å². The molecule has 1 heteroatoms. The minimum atomic E-state index is 0.558. The first-order valence-corrected chi connectivity index (χ1v) is 9.65. The normalized spacial score (nSPS) is 53.0. The van der Waals surface area contributed by atoms with Crippen molar-refractivity contribution >= 4 is 5.78 Å². The van der Waals surface area contributed by atoms with E-state index in [1.165, 1.54) is 51.4 Å². The third-order valence-corrected chi connectivity index (χ3v) is 8.45. The average Bonchev–Trinajstić information content (AvgIpc) is 2.83. The number of Topliss-reactive ketones (excluding diaryl/α,β-unsaturated/α-hetero) is 1. The van der Waals surface area contributed by atoms with E-state index in [4.69, 9.17) is 0 Å². The Morgan fingerprint density at radius 2 is 1.86 bits per heavy atom. The zero-order valence-corrected chi connectivity index (χ0v) is 13.9. The molecule has 0 spiro atoms. The SMILES string of the molecule is CCC1CCC2C3CCC4CC(=O)CC[C@@H]4C3CC[C@]12C. The van der Waals surface area contributed by atoms with Crippen LogP contribution in [0, 0.1) is 40.9 Å². The minimum Gasteiger partial charge on any atom is -0.300 e. The Hall–Kier alpha value is -0.330. The van der Waals surface area contributed by atoms with Crippen LogP contribution in [0.3, 0.4) is 0 Å². The smallest absolute Gasteiger partial charge is 0.133 e. The lowest BCUT2D eigenvalue weighted by molar-refractivity contribution is -0.127. The van der Waals surface area contributed by atoms with Crippen LogP contribution in [-0.2, 0) is 4.79 Å². The van der Waals surface area contributed by atoms with Crippen molar-refractivity contribution in [1.29, 1.82) is 0 Å². The molecule has 0 N–H and O–H groups in total. The predicted octanol–water partition coefficient (Wildman–Crippen LogP) is 5.23. The molecule has 0 aromatic rings. The lowest BCUT2D eigenvalue weighted by atomic mass is 9.49. The van der Waals surface area contributed by atoms with E-state index in [0.717, 1.165) is 48.3 Å². The van der Waals surface area contributed by atoms with Gasteiger partial charge in [-0.05, 0) is 85.9 Å². The third-order valence-electron chi connectivity index (χ3n) is 8.45. The molecular formula is C20H32O. The maximum atomic E-state index is 11.8. The van der Waals surface area contributed by atoms with Gasteiger partial charge in [0.25, 0.3) is 0 Å². The van der Waals surface area contributed by atoms with Gasteiger partial charge in [0.05, 0.1) is 0 Å². The molecule has 4 rings (SSSR count). The quantitative estimate of drug-likeness (QED) is 0.645. The molecule has 5 unspecified atom stereocenters. The largest absolute Gasteiger partial charge is 0.300 e. The van der Waals surface area contributed by atoms with E-state index in [1.54, 1.807) is 0 Å². The maximum absolute atomic E-state index is 11.8. The van der Waals surface area contributed by atoms with Crippen molar-refractivity contribution in [3.05, 3.63) is 0 Å². The molecule has 4 fully saturated rings. The van der Waals surface area contributed by atoms with Crippen LogP contribution >= 0.6 is 0 Å². The van der Waals surface area contributed by atoms with Gasteiger partial charge in [-0.1, -0.05) is 20.3 Å². The van der Waals surface area contributed by atoms with Gasteiger partial charge in [0, 0.05) is 12.8 Å². The molecule has 118 valence electrons. The van der Waals surface area contributed by atoms with Crippen LogP contribution in [0.4, 0.5) is 0 Å². The average molecular weight is 288 g/mol. The van der Waals surface area contributed by atoms with Crippen LogP contribution in [0.2, 0.25) is 0 Å². The summed E-state index contributed by atoms with van der Waals surface area (Å²) in [7, 11) is 0. The van der Waals surface area contributed by atoms with Crippen molar-refractivity contribution in [2.24, 2.45) is 40.9 Å². The zero-order valence-electron chi connectivity index (χ0n) is 13.9. The summed E-state index contributed by atoms with van der Waals surface area (Å²) in [6.07, 6.45) is 13.2. The molecular weight excluding hydrogens is 256 g/mol. The Morgan fingerprint density at radius 1 is 1.00 bits per heavy atom. The fourth-order valence-electron chi connectivity index (χ4n) is 7.44. The molecule has 0 saturated heterocycles. The standard InChI is InChI=1S/C20H32O/c1-3-14-5-9-19-18-7-4-13-12-15(21)6-8-16(13)17(18)10-11-20(14,19)2/h13-14,16-19H,3-12H2,1-2H3/t13?,14?,16-,17?,18?,19?,20+/m0/s1. The summed E-state index contributed by atoms with van der Waals surface area (Å²) in [5.41, 5.74) is 0.660. The molecule has 0 aromatic heterocycles. The number of rotatable bonds is 1. The molecule has 1 nitrogen and oxygen atoms in total. The van der Waals surface area contributed by atoms with E-state index in [9.17, 15) is 4.79 Å². The zero-order chi connectivity index (χ0) is 14.6.